The second kappa shape index (κ2) is 6.54. The Bertz CT molecular complexity index is 688. The van der Waals surface area contributed by atoms with Crippen LogP contribution >= 0.6 is 0 Å². The van der Waals surface area contributed by atoms with Crippen molar-refractivity contribution in [2.45, 2.75) is 32.2 Å². The number of rotatable bonds is 4. The number of hydrogen-bond acceptors (Lipinski definition) is 3. The van der Waals surface area contributed by atoms with Gasteiger partial charge < -0.3 is 9.67 Å². The van der Waals surface area contributed by atoms with Crippen molar-refractivity contribution < 1.29 is 9.90 Å². The number of hydrogen-bond donors (Lipinski definition) is 1. The first-order valence-electron chi connectivity index (χ1n) is 8.15. The van der Waals surface area contributed by atoms with Crippen LogP contribution in [-0.4, -0.2) is 38.6 Å². The topological polar surface area (TPSA) is 58.4 Å². The van der Waals surface area contributed by atoms with Crippen molar-refractivity contribution in [2.75, 3.05) is 13.1 Å². The Kier molecular flexibility index (Phi) is 4.48. The second-order valence-corrected chi connectivity index (χ2v) is 6.17. The number of carbonyl (C=O) groups is 1. The number of benzene rings is 1. The van der Waals surface area contributed by atoms with Gasteiger partial charge in [0.05, 0.1) is 11.4 Å². The summed E-state index contributed by atoms with van der Waals surface area (Å²) in [6.07, 6.45) is 3.31. The predicted molar refractivity (Wildman–Crippen MR) is 89.2 cm³/mol. The molecule has 1 unspecified atom stereocenters. The van der Waals surface area contributed by atoms with E-state index in [-0.39, 0.29) is 0 Å². The number of nitrogens with zero attached hydrogens (tertiary/aromatic N) is 3. The zero-order valence-electron chi connectivity index (χ0n) is 13.7. The Morgan fingerprint density at radius 2 is 1.83 bits per heavy atom. The van der Waals surface area contributed by atoms with Crippen molar-refractivity contribution in [1.82, 2.24) is 14.5 Å². The Labute approximate surface area is 136 Å². The van der Waals surface area contributed by atoms with Crippen molar-refractivity contribution in [1.29, 1.82) is 0 Å². The average molecular weight is 313 g/mol. The van der Waals surface area contributed by atoms with E-state index in [1.807, 2.05) is 48.9 Å². The van der Waals surface area contributed by atoms with E-state index < -0.39 is 12.0 Å². The number of imidazole rings is 1. The molecule has 3 rings (SSSR count). The summed E-state index contributed by atoms with van der Waals surface area (Å²) in [5.74, 6) is 0.0268. The zero-order valence-corrected chi connectivity index (χ0v) is 13.7. The van der Waals surface area contributed by atoms with E-state index in [1.165, 1.54) is 6.42 Å². The molecule has 1 aromatic heterocycles. The molecule has 0 radical (unpaired) electrons. The molecule has 1 fully saturated rings. The zero-order chi connectivity index (χ0) is 16.4. The Hall–Kier alpha value is -2.14. The number of aryl methyl sites for hydroxylation is 1. The number of likely N-dealkylation sites (tertiary alicyclic amines) is 1. The Morgan fingerprint density at radius 3 is 2.43 bits per heavy atom. The van der Waals surface area contributed by atoms with Gasteiger partial charge >= 0.3 is 5.97 Å². The van der Waals surface area contributed by atoms with Gasteiger partial charge in [0.25, 0.3) is 0 Å². The van der Waals surface area contributed by atoms with E-state index in [0.29, 0.717) is 0 Å². The van der Waals surface area contributed by atoms with Crippen LogP contribution in [0.2, 0.25) is 0 Å². The minimum atomic E-state index is -0.794. The molecule has 0 saturated carbocycles. The lowest BCUT2D eigenvalue weighted by atomic mass is 10.0. The molecular formula is C18H23N3O2. The molecule has 1 aliphatic rings. The first-order chi connectivity index (χ1) is 11.1. The maximum absolute atomic E-state index is 12.0. The number of carboxylic acids is 1. The van der Waals surface area contributed by atoms with Gasteiger partial charge in [-0.15, -0.1) is 0 Å². The molecule has 5 nitrogen and oxygen atoms in total. The van der Waals surface area contributed by atoms with E-state index in [2.05, 4.69) is 9.88 Å². The number of piperidine rings is 1. The first kappa shape index (κ1) is 15.7. The third kappa shape index (κ3) is 3.01. The van der Waals surface area contributed by atoms with Crippen molar-refractivity contribution in [2.24, 2.45) is 7.05 Å². The minimum absolute atomic E-state index is 0.620. The fourth-order valence-electron chi connectivity index (χ4n) is 3.50. The highest BCUT2D eigenvalue weighted by Crippen LogP contribution is 2.30. The number of aliphatic carboxylic acids is 1. The van der Waals surface area contributed by atoms with Crippen LogP contribution in [0, 0.1) is 6.92 Å². The largest absolute Gasteiger partial charge is 0.480 e. The Balaban J connectivity index is 2.03. The quantitative estimate of drug-likeness (QED) is 0.942. The van der Waals surface area contributed by atoms with Crippen molar-refractivity contribution in [3.05, 3.63) is 41.7 Å². The third-order valence-corrected chi connectivity index (χ3v) is 4.60. The van der Waals surface area contributed by atoms with Gasteiger partial charge in [-0.1, -0.05) is 36.8 Å². The SMILES string of the molecule is Cc1nc(-c2ccccc2)n(C)c1C(C(=O)O)N1CCCCC1. The summed E-state index contributed by atoms with van der Waals surface area (Å²) >= 11 is 0. The summed E-state index contributed by atoms with van der Waals surface area (Å²) in [5.41, 5.74) is 2.59. The van der Waals surface area contributed by atoms with Crippen LogP contribution in [0.5, 0.6) is 0 Å². The molecule has 1 aliphatic heterocycles. The lowest BCUT2D eigenvalue weighted by molar-refractivity contribution is -0.144. The molecule has 1 saturated heterocycles. The molecular weight excluding hydrogens is 290 g/mol. The monoisotopic (exact) mass is 313 g/mol. The molecule has 2 heterocycles. The maximum atomic E-state index is 12.0. The Morgan fingerprint density at radius 1 is 1.17 bits per heavy atom. The summed E-state index contributed by atoms with van der Waals surface area (Å²) in [6.45, 7) is 3.58. The van der Waals surface area contributed by atoms with Crippen LogP contribution in [0.3, 0.4) is 0 Å². The molecule has 122 valence electrons. The lowest BCUT2D eigenvalue weighted by Crippen LogP contribution is -2.39. The average Bonchev–Trinajstić information content (AvgIpc) is 2.85. The fraction of sp³-hybridized carbons (Fsp3) is 0.444. The predicted octanol–water partition coefficient (Wildman–Crippen LogP) is 3.01. The summed E-state index contributed by atoms with van der Waals surface area (Å²) in [4.78, 5) is 18.7. The van der Waals surface area contributed by atoms with Gasteiger partial charge in [-0.05, 0) is 32.9 Å². The van der Waals surface area contributed by atoms with Crippen molar-refractivity contribution >= 4 is 5.97 Å². The summed E-state index contributed by atoms with van der Waals surface area (Å²) in [6, 6.07) is 9.29. The highest BCUT2D eigenvalue weighted by molar-refractivity contribution is 5.76. The van der Waals surface area contributed by atoms with E-state index in [4.69, 9.17) is 0 Å². The van der Waals surface area contributed by atoms with Crippen molar-refractivity contribution in [3.63, 3.8) is 0 Å². The molecule has 5 heteroatoms. The fourth-order valence-corrected chi connectivity index (χ4v) is 3.50. The summed E-state index contributed by atoms with van der Waals surface area (Å²) in [7, 11) is 1.91. The first-order valence-corrected chi connectivity index (χ1v) is 8.15. The standard InChI is InChI=1S/C18H23N3O2/c1-13-15(16(18(22)23)21-11-7-4-8-12-21)20(2)17(19-13)14-9-5-3-6-10-14/h3,5-6,9-10,16H,4,7-8,11-12H2,1-2H3,(H,22,23). The highest BCUT2D eigenvalue weighted by atomic mass is 16.4. The lowest BCUT2D eigenvalue weighted by Gasteiger charge is -2.32. The molecule has 0 spiro atoms. The molecule has 23 heavy (non-hydrogen) atoms. The van der Waals surface area contributed by atoms with Crippen LogP contribution in [0.1, 0.15) is 36.7 Å². The molecule has 1 atom stereocenters. The normalized spacial score (nSPS) is 17.1. The van der Waals surface area contributed by atoms with Crippen LogP contribution < -0.4 is 0 Å². The van der Waals surface area contributed by atoms with Gasteiger partial charge in [0.1, 0.15) is 5.82 Å². The van der Waals surface area contributed by atoms with Gasteiger partial charge in [-0.3, -0.25) is 9.69 Å². The molecule has 0 aliphatic carbocycles. The van der Waals surface area contributed by atoms with Gasteiger partial charge in [0.15, 0.2) is 6.04 Å². The second-order valence-electron chi connectivity index (χ2n) is 6.17. The van der Waals surface area contributed by atoms with E-state index >= 15 is 0 Å². The molecule has 2 aromatic rings. The van der Waals surface area contributed by atoms with Gasteiger partial charge in [0, 0.05) is 12.6 Å². The number of aromatic nitrogens is 2. The van der Waals surface area contributed by atoms with Crippen LogP contribution in [-0.2, 0) is 11.8 Å². The molecule has 1 aromatic carbocycles. The maximum Gasteiger partial charge on any atom is 0.327 e. The van der Waals surface area contributed by atoms with Crippen LogP contribution in [0.15, 0.2) is 30.3 Å². The molecule has 0 amide bonds. The van der Waals surface area contributed by atoms with E-state index in [1.54, 1.807) is 0 Å². The van der Waals surface area contributed by atoms with E-state index in [0.717, 1.165) is 48.7 Å². The highest BCUT2D eigenvalue weighted by Gasteiger charge is 2.33. The third-order valence-electron chi connectivity index (χ3n) is 4.60. The summed E-state index contributed by atoms with van der Waals surface area (Å²) < 4.78 is 1.94. The number of carboxylic acid groups (broad SMARTS) is 1. The van der Waals surface area contributed by atoms with Gasteiger partial charge in [-0.25, -0.2) is 4.98 Å². The van der Waals surface area contributed by atoms with Crippen LogP contribution in [0.25, 0.3) is 11.4 Å². The molecule has 0 bridgehead atoms. The van der Waals surface area contributed by atoms with Gasteiger partial charge in [0.2, 0.25) is 0 Å². The smallest absolute Gasteiger partial charge is 0.327 e. The van der Waals surface area contributed by atoms with E-state index in [9.17, 15) is 9.90 Å². The summed E-state index contributed by atoms with van der Waals surface area (Å²) in [5, 5.41) is 9.82. The van der Waals surface area contributed by atoms with Crippen molar-refractivity contribution in [3.8, 4) is 11.4 Å². The molecule has 1 N–H and O–H groups in total. The van der Waals surface area contributed by atoms with Crippen LogP contribution in [0.4, 0.5) is 0 Å². The van der Waals surface area contributed by atoms with Gasteiger partial charge in [-0.2, -0.15) is 0 Å². The minimum Gasteiger partial charge on any atom is -0.480 e.